The number of hydrogen-bond acceptors (Lipinski definition) is 5. The molecule has 1 aliphatic rings. The Balaban J connectivity index is 1.41. The fourth-order valence-corrected chi connectivity index (χ4v) is 4.87. The molecule has 0 aliphatic carbocycles. The molecule has 1 aliphatic heterocycles. The SMILES string of the molecule is COc1ccc2ncc(F)c([C@@H](N)CC[C@H]3CCN(CC#Cc4cccc(F)c4)C[C@H]3C(=O)O)c2c1. The van der Waals surface area contributed by atoms with E-state index < -0.39 is 23.7 Å². The molecular weight excluding hydrogens is 464 g/mol. The van der Waals surface area contributed by atoms with Gasteiger partial charge in [-0.25, -0.2) is 8.78 Å². The first-order chi connectivity index (χ1) is 17.4. The molecule has 0 amide bonds. The third-order valence-corrected chi connectivity index (χ3v) is 6.80. The molecule has 0 spiro atoms. The summed E-state index contributed by atoms with van der Waals surface area (Å²) in [6, 6.07) is 10.7. The maximum atomic E-state index is 14.8. The highest BCUT2D eigenvalue weighted by Crippen LogP contribution is 2.34. The molecule has 0 radical (unpaired) electrons. The van der Waals surface area contributed by atoms with Crippen LogP contribution in [0.25, 0.3) is 10.9 Å². The van der Waals surface area contributed by atoms with Gasteiger partial charge in [0.25, 0.3) is 0 Å². The molecule has 2 aromatic carbocycles. The van der Waals surface area contributed by atoms with Gasteiger partial charge >= 0.3 is 5.97 Å². The summed E-state index contributed by atoms with van der Waals surface area (Å²) in [7, 11) is 1.54. The number of aliphatic carboxylic acids is 1. The Morgan fingerprint density at radius 2 is 2.14 bits per heavy atom. The summed E-state index contributed by atoms with van der Waals surface area (Å²) < 4.78 is 33.4. The molecule has 4 rings (SSSR count). The molecular formula is C28H29F2N3O3. The van der Waals surface area contributed by atoms with Crippen LogP contribution in [0, 0.1) is 35.3 Å². The van der Waals surface area contributed by atoms with Crippen molar-refractivity contribution < 1.29 is 23.4 Å². The molecule has 0 bridgehead atoms. The van der Waals surface area contributed by atoms with E-state index in [0.29, 0.717) is 66.7 Å². The molecule has 3 aromatic rings. The summed E-state index contributed by atoms with van der Waals surface area (Å²) in [5.74, 6) is 4.20. The first-order valence-electron chi connectivity index (χ1n) is 11.9. The van der Waals surface area contributed by atoms with E-state index in [1.807, 2.05) is 4.90 Å². The Hall–Kier alpha value is -3.54. The quantitative estimate of drug-likeness (QED) is 0.475. The lowest BCUT2D eigenvalue weighted by Gasteiger charge is -2.36. The van der Waals surface area contributed by atoms with Gasteiger partial charge in [-0.3, -0.25) is 14.7 Å². The second-order valence-electron chi connectivity index (χ2n) is 9.13. The third kappa shape index (κ3) is 5.99. The van der Waals surface area contributed by atoms with Crippen molar-refractivity contribution in [2.24, 2.45) is 17.6 Å². The summed E-state index contributed by atoms with van der Waals surface area (Å²) in [6.45, 7) is 1.48. The number of likely N-dealkylation sites (tertiary alicyclic amines) is 1. The van der Waals surface area contributed by atoms with Gasteiger partial charge in [-0.1, -0.05) is 17.9 Å². The van der Waals surface area contributed by atoms with Gasteiger partial charge in [0.1, 0.15) is 17.4 Å². The van der Waals surface area contributed by atoms with E-state index in [0.717, 1.165) is 0 Å². The molecule has 188 valence electrons. The lowest BCUT2D eigenvalue weighted by molar-refractivity contribution is -0.146. The highest BCUT2D eigenvalue weighted by atomic mass is 19.1. The molecule has 3 N–H and O–H groups in total. The Morgan fingerprint density at radius 3 is 2.89 bits per heavy atom. The number of rotatable bonds is 7. The molecule has 36 heavy (non-hydrogen) atoms. The molecule has 3 atom stereocenters. The van der Waals surface area contributed by atoms with Gasteiger partial charge in [-0.15, -0.1) is 0 Å². The van der Waals surface area contributed by atoms with Crippen LogP contribution in [0.15, 0.2) is 48.7 Å². The van der Waals surface area contributed by atoms with Crippen LogP contribution in [0.5, 0.6) is 5.75 Å². The van der Waals surface area contributed by atoms with Crippen LogP contribution < -0.4 is 10.5 Å². The average Bonchev–Trinajstić information content (AvgIpc) is 2.87. The van der Waals surface area contributed by atoms with Crippen molar-refractivity contribution in [3.8, 4) is 17.6 Å². The summed E-state index contributed by atoms with van der Waals surface area (Å²) in [6.07, 6.45) is 2.86. The monoisotopic (exact) mass is 493 g/mol. The van der Waals surface area contributed by atoms with Gasteiger partial charge in [-0.05, 0) is 68.1 Å². The maximum Gasteiger partial charge on any atom is 0.308 e. The number of fused-ring (bicyclic) bond motifs is 1. The van der Waals surface area contributed by atoms with Crippen LogP contribution in [-0.4, -0.2) is 47.7 Å². The second kappa shape index (κ2) is 11.5. The van der Waals surface area contributed by atoms with Crippen LogP contribution in [-0.2, 0) is 4.79 Å². The Kier molecular flexibility index (Phi) is 8.14. The molecule has 1 saturated heterocycles. The number of nitrogens with two attached hydrogens (primary N) is 1. The number of nitrogens with zero attached hydrogens (tertiary/aromatic N) is 2. The maximum absolute atomic E-state index is 14.8. The van der Waals surface area contributed by atoms with Crippen LogP contribution in [0.1, 0.15) is 36.4 Å². The van der Waals surface area contributed by atoms with Gasteiger partial charge in [0.15, 0.2) is 0 Å². The minimum Gasteiger partial charge on any atom is -0.497 e. The summed E-state index contributed by atoms with van der Waals surface area (Å²) >= 11 is 0. The number of carboxylic acids is 1. The number of hydrogen-bond donors (Lipinski definition) is 2. The van der Waals surface area contributed by atoms with E-state index in [9.17, 15) is 18.7 Å². The van der Waals surface area contributed by atoms with Crippen LogP contribution in [0.2, 0.25) is 0 Å². The number of piperidine rings is 1. The number of carboxylic acid groups (broad SMARTS) is 1. The van der Waals surface area contributed by atoms with Crippen LogP contribution in [0.4, 0.5) is 8.78 Å². The first-order valence-corrected chi connectivity index (χ1v) is 11.9. The minimum absolute atomic E-state index is 0.0772. The van der Waals surface area contributed by atoms with Gasteiger partial charge in [0, 0.05) is 29.1 Å². The van der Waals surface area contributed by atoms with Crippen molar-refractivity contribution in [2.45, 2.75) is 25.3 Å². The number of benzene rings is 2. The summed E-state index contributed by atoms with van der Waals surface area (Å²) in [5, 5.41) is 10.5. The highest BCUT2D eigenvalue weighted by Gasteiger charge is 2.34. The number of aromatic nitrogens is 1. The average molecular weight is 494 g/mol. The molecule has 0 saturated carbocycles. The molecule has 8 heteroatoms. The smallest absolute Gasteiger partial charge is 0.308 e. The van der Waals surface area contributed by atoms with Gasteiger partial charge in [0.2, 0.25) is 0 Å². The molecule has 2 heterocycles. The number of carbonyl (C=O) groups is 1. The van der Waals surface area contributed by atoms with E-state index >= 15 is 0 Å². The van der Waals surface area contributed by atoms with Crippen molar-refractivity contribution in [1.29, 1.82) is 0 Å². The molecule has 1 fully saturated rings. The topological polar surface area (TPSA) is 88.7 Å². The Bertz CT molecular complexity index is 1300. The fraction of sp³-hybridized carbons (Fsp3) is 0.357. The van der Waals surface area contributed by atoms with Crippen molar-refractivity contribution >= 4 is 16.9 Å². The molecule has 1 aromatic heterocycles. The minimum atomic E-state index is -0.860. The van der Waals surface area contributed by atoms with Crippen molar-refractivity contribution in [3.63, 3.8) is 0 Å². The number of halogens is 2. The van der Waals surface area contributed by atoms with E-state index in [1.165, 1.54) is 18.3 Å². The third-order valence-electron chi connectivity index (χ3n) is 6.80. The van der Waals surface area contributed by atoms with Crippen LogP contribution >= 0.6 is 0 Å². The lowest BCUT2D eigenvalue weighted by atomic mass is 9.81. The van der Waals surface area contributed by atoms with E-state index in [4.69, 9.17) is 10.5 Å². The number of pyridine rings is 1. The van der Waals surface area contributed by atoms with Crippen LogP contribution in [0.3, 0.4) is 0 Å². The van der Waals surface area contributed by atoms with Gasteiger partial charge in [-0.2, -0.15) is 0 Å². The second-order valence-corrected chi connectivity index (χ2v) is 9.13. The normalized spacial score (nSPS) is 18.9. The summed E-state index contributed by atoms with van der Waals surface area (Å²) in [4.78, 5) is 18.2. The zero-order valence-corrected chi connectivity index (χ0v) is 20.1. The predicted molar refractivity (Wildman–Crippen MR) is 133 cm³/mol. The van der Waals surface area contributed by atoms with Crippen molar-refractivity contribution in [1.82, 2.24) is 9.88 Å². The highest BCUT2D eigenvalue weighted by molar-refractivity contribution is 5.84. The lowest BCUT2D eigenvalue weighted by Crippen LogP contribution is -2.44. The summed E-state index contributed by atoms with van der Waals surface area (Å²) in [5.41, 5.74) is 8.02. The zero-order chi connectivity index (χ0) is 25.7. The molecule has 0 unspecified atom stereocenters. The zero-order valence-electron chi connectivity index (χ0n) is 20.1. The van der Waals surface area contributed by atoms with Crippen molar-refractivity contribution in [2.75, 3.05) is 26.7 Å². The first kappa shape index (κ1) is 25.5. The van der Waals surface area contributed by atoms with Gasteiger partial charge < -0.3 is 15.6 Å². The number of methoxy groups -OCH3 is 1. The molecule has 6 nitrogen and oxygen atoms in total. The van der Waals surface area contributed by atoms with Gasteiger partial charge in [0.05, 0.1) is 31.3 Å². The predicted octanol–water partition coefficient (Wildman–Crippen LogP) is 4.38. The standard InChI is InChI=1S/C28H29F2N3O3/c1-36-21-8-10-26-22(15-21)27(24(30)16-32-26)25(31)9-7-19-11-13-33(17-23(19)28(34)35)12-3-5-18-4-2-6-20(29)14-18/h2,4,6,8,10,14-16,19,23,25H,7,9,11-13,17,31H2,1H3,(H,34,35)/t19-,23+,25-/m0/s1. The van der Waals surface area contributed by atoms with E-state index in [-0.39, 0.29) is 11.7 Å². The van der Waals surface area contributed by atoms with E-state index in [2.05, 4.69) is 16.8 Å². The Labute approximate surface area is 209 Å². The van der Waals surface area contributed by atoms with Crippen molar-refractivity contribution in [3.05, 3.63) is 71.4 Å². The van der Waals surface area contributed by atoms with E-state index in [1.54, 1.807) is 37.4 Å². The number of ether oxygens (including phenoxy) is 1. The fourth-order valence-electron chi connectivity index (χ4n) is 4.87. The Morgan fingerprint density at radius 1 is 1.31 bits per heavy atom. The largest absolute Gasteiger partial charge is 0.497 e.